The van der Waals surface area contributed by atoms with Gasteiger partial charge in [-0.25, -0.2) is 0 Å². The second-order valence-corrected chi connectivity index (χ2v) is 7.51. The smallest absolute Gasteiger partial charge is 0.148 e. The Labute approximate surface area is 136 Å². The zero-order chi connectivity index (χ0) is 14.8. The molecule has 3 aromatic rings. The number of rotatable bonds is 4. The van der Waals surface area contributed by atoms with E-state index in [1.54, 1.807) is 11.3 Å². The van der Waals surface area contributed by atoms with E-state index in [1.165, 1.54) is 5.39 Å². The Morgan fingerprint density at radius 3 is 2.52 bits per heavy atom. The molecule has 0 bridgehead atoms. The van der Waals surface area contributed by atoms with Gasteiger partial charge in [0, 0.05) is 16.3 Å². The van der Waals surface area contributed by atoms with Gasteiger partial charge in [-0.05, 0) is 46.4 Å². The molecule has 2 N–H and O–H groups in total. The van der Waals surface area contributed by atoms with E-state index >= 15 is 0 Å². The van der Waals surface area contributed by atoms with Crippen LogP contribution in [0.4, 0.5) is 0 Å². The summed E-state index contributed by atoms with van der Waals surface area (Å²) < 4.78 is 7.34. The molecule has 2 nitrogen and oxygen atoms in total. The number of thiophene rings is 1. The minimum Gasteiger partial charge on any atom is -0.483 e. The maximum atomic E-state index is 6.25. The lowest BCUT2D eigenvalue weighted by molar-refractivity contribution is 0.186. The average Bonchev–Trinajstić information content (AvgIpc) is 2.90. The van der Waals surface area contributed by atoms with Gasteiger partial charge in [-0.1, -0.05) is 36.4 Å². The number of fused-ring (bicyclic) bond motifs is 1. The van der Waals surface area contributed by atoms with E-state index in [4.69, 9.17) is 10.5 Å². The average molecular weight is 362 g/mol. The van der Waals surface area contributed by atoms with Gasteiger partial charge in [0.05, 0.1) is 3.79 Å². The van der Waals surface area contributed by atoms with Gasteiger partial charge in [0.15, 0.2) is 0 Å². The summed E-state index contributed by atoms with van der Waals surface area (Å²) >= 11 is 5.16. The lowest BCUT2D eigenvalue weighted by Crippen LogP contribution is -2.28. The third-order valence-electron chi connectivity index (χ3n) is 3.36. The highest BCUT2D eigenvalue weighted by molar-refractivity contribution is 9.11. The summed E-state index contributed by atoms with van der Waals surface area (Å²) in [4.78, 5) is 1.13. The molecule has 3 rings (SSSR count). The summed E-state index contributed by atoms with van der Waals surface area (Å²) in [6, 6.07) is 18.3. The Bertz CT molecular complexity index is 748. The number of benzene rings is 2. The number of hydrogen-bond acceptors (Lipinski definition) is 3. The van der Waals surface area contributed by atoms with Gasteiger partial charge < -0.3 is 10.5 Å². The first-order chi connectivity index (χ1) is 10.1. The van der Waals surface area contributed by atoms with Crippen molar-refractivity contribution in [2.45, 2.75) is 19.1 Å². The molecular formula is C17H16BrNOS. The van der Waals surface area contributed by atoms with Crippen molar-refractivity contribution >= 4 is 38.0 Å². The Hall–Kier alpha value is -1.36. The molecule has 1 aromatic heterocycles. The summed E-state index contributed by atoms with van der Waals surface area (Å²) in [5.74, 6) is 0.875. The topological polar surface area (TPSA) is 35.2 Å². The largest absolute Gasteiger partial charge is 0.483 e. The van der Waals surface area contributed by atoms with E-state index in [1.807, 2.05) is 37.3 Å². The van der Waals surface area contributed by atoms with E-state index in [-0.39, 0.29) is 12.1 Å². The van der Waals surface area contributed by atoms with Crippen LogP contribution in [0, 0.1) is 0 Å². The molecule has 0 aliphatic heterocycles. The SMILES string of the molecule is CC(N)C(Oc1cccc2ccccc12)c1ccc(Br)s1. The van der Waals surface area contributed by atoms with E-state index in [0.717, 1.165) is 19.8 Å². The summed E-state index contributed by atoms with van der Waals surface area (Å²) in [6.07, 6.45) is -0.146. The first-order valence-electron chi connectivity index (χ1n) is 6.80. The fourth-order valence-electron chi connectivity index (χ4n) is 2.34. The van der Waals surface area contributed by atoms with Crippen molar-refractivity contribution < 1.29 is 4.74 Å². The zero-order valence-electron chi connectivity index (χ0n) is 11.6. The monoisotopic (exact) mass is 361 g/mol. The molecule has 0 aliphatic rings. The molecule has 4 heteroatoms. The summed E-state index contributed by atoms with van der Waals surface area (Å²) in [5, 5.41) is 2.28. The van der Waals surface area contributed by atoms with Gasteiger partial charge in [-0.3, -0.25) is 0 Å². The van der Waals surface area contributed by atoms with E-state index in [0.29, 0.717) is 0 Å². The van der Waals surface area contributed by atoms with Crippen LogP contribution in [0.1, 0.15) is 17.9 Å². The van der Waals surface area contributed by atoms with Gasteiger partial charge in [-0.15, -0.1) is 11.3 Å². The highest BCUT2D eigenvalue weighted by Crippen LogP contribution is 2.34. The van der Waals surface area contributed by atoms with Crippen LogP contribution in [-0.2, 0) is 0 Å². The predicted molar refractivity (Wildman–Crippen MR) is 93.0 cm³/mol. The molecule has 0 aliphatic carbocycles. The van der Waals surface area contributed by atoms with Crippen LogP contribution >= 0.6 is 27.3 Å². The fourth-order valence-corrected chi connectivity index (χ4v) is 3.91. The highest BCUT2D eigenvalue weighted by atomic mass is 79.9. The number of nitrogens with two attached hydrogens (primary N) is 1. The van der Waals surface area contributed by atoms with Crippen LogP contribution in [0.5, 0.6) is 5.75 Å². The Morgan fingerprint density at radius 1 is 1.05 bits per heavy atom. The van der Waals surface area contributed by atoms with Crippen molar-refractivity contribution in [1.29, 1.82) is 0 Å². The van der Waals surface area contributed by atoms with Crippen LogP contribution in [0.25, 0.3) is 10.8 Å². The van der Waals surface area contributed by atoms with Gasteiger partial charge in [0.25, 0.3) is 0 Å². The van der Waals surface area contributed by atoms with E-state index in [2.05, 4.69) is 40.2 Å². The maximum absolute atomic E-state index is 6.25. The second kappa shape index (κ2) is 6.18. The van der Waals surface area contributed by atoms with Crippen LogP contribution < -0.4 is 10.5 Å². The lowest BCUT2D eigenvalue weighted by Gasteiger charge is -2.22. The minimum atomic E-state index is -0.146. The Balaban J connectivity index is 1.99. The molecule has 0 spiro atoms. The van der Waals surface area contributed by atoms with Crippen molar-refractivity contribution in [2.24, 2.45) is 5.73 Å². The highest BCUT2D eigenvalue weighted by Gasteiger charge is 2.21. The molecule has 0 saturated heterocycles. The molecule has 0 radical (unpaired) electrons. The van der Waals surface area contributed by atoms with Crippen molar-refractivity contribution in [3.63, 3.8) is 0 Å². The van der Waals surface area contributed by atoms with Gasteiger partial charge in [-0.2, -0.15) is 0 Å². The van der Waals surface area contributed by atoms with E-state index in [9.17, 15) is 0 Å². The number of ether oxygens (including phenoxy) is 1. The molecule has 0 saturated carbocycles. The summed E-state index contributed by atoms with van der Waals surface area (Å²) in [5.41, 5.74) is 6.14. The third-order valence-corrected chi connectivity index (χ3v) is 5.04. The van der Waals surface area contributed by atoms with Crippen molar-refractivity contribution in [3.05, 3.63) is 63.3 Å². The maximum Gasteiger partial charge on any atom is 0.148 e. The molecule has 1 heterocycles. The van der Waals surface area contributed by atoms with Gasteiger partial charge in [0.2, 0.25) is 0 Å². The summed E-state index contributed by atoms with van der Waals surface area (Å²) in [7, 11) is 0. The number of halogens is 1. The van der Waals surface area contributed by atoms with Gasteiger partial charge in [0.1, 0.15) is 11.9 Å². The second-order valence-electron chi connectivity index (χ2n) is 5.02. The van der Waals surface area contributed by atoms with Crippen molar-refractivity contribution in [2.75, 3.05) is 0 Å². The molecule has 2 aromatic carbocycles. The minimum absolute atomic E-state index is 0.0884. The summed E-state index contributed by atoms with van der Waals surface area (Å²) in [6.45, 7) is 1.98. The van der Waals surface area contributed by atoms with Crippen LogP contribution in [0.3, 0.4) is 0 Å². The first-order valence-corrected chi connectivity index (χ1v) is 8.41. The van der Waals surface area contributed by atoms with Crippen LogP contribution in [0.2, 0.25) is 0 Å². The molecule has 0 fully saturated rings. The normalized spacial score (nSPS) is 14.0. The van der Waals surface area contributed by atoms with E-state index < -0.39 is 0 Å². The standard InChI is InChI=1S/C17H16BrNOS/c1-11(19)17(15-9-10-16(18)21-15)20-14-8-4-6-12-5-2-3-7-13(12)14/h2-11,17H,19H2,1H3. The molecule has 0 amide bonds. The quantitative estimate of drug-likeness (QED) is 0.698. The molecule has 2 atom stereocenters. The Morgan fingerprint density at radius 2 is 1.81 bits per heavy atom. The Kier molecular flexibility index (Phi) is 4.29. The molecule has 108 valence electrons. The van der Waals surface area contributed by atoms with Crippen molar-refractivity contribution in [1.82, 2.24) is 0 Å². The predicted octanol–water partition coefficient (Wildman–Crippen LogP) is 5.13. The van der Waals surface area contributed by atoms with Crippen LogP contribution in [-0.4, -0.2) is 6.04 Å². The van der Waals surface area contributed by atoms with Gasteiger partial charge >= 0.3 is 0 Å². The zero-order valence-corrected chi connectivity index (χ0v) is 14.0. The first kappa shape index (κ1) is 14.6. The molecule has 21 heavy (non-hydrogen) atoms. The van der Waals surface area contributed by atoms with Crippen LogP contribution in [0.15, 0.2) is 58.4 Å². The van der Waals surface area contributed by atoms with Crippen molar-refractivity contribution in [3.8, 4) is 5.75 Å². The number of hydrogen-bond donors (Lipinski definition) is 1. The third kappa shape index (κ3) is 3.12. The molecule has 2 unspecified atom stereocenters. The lowest BCUT2D eigenvalue weighted by atomic mass is 10.1. The molecular weight excluding hydrogens is 346 g/mol. The fraction of sp³-hybridized carbons (Fsp3) is 0.176.